The number of amides is 1. The molecule has 2 N–H and O–H groups in total. The van der Waals surface area contributed by atoms with E-state index in [1.54, 1.807) is 12.1 Å². The number of ether oxygens (including phenoxy) is 1. The maximum atomic E-state index is 13.6. The van der Waals surface area contributed by atoms with Gasteiger partial charge in [0.25, 0.3) is 5.91 Å². The van der Waals surface area contributed by atoms with Crippen molar-refractivity contribution in [3.63, 3.8) is 0 Å². The van der Waals surface area contributed by atoms with Crippen molar-refractivity contribution in [1.29, 1.82) is 0 Å². The van der Waals surface area contributed by atoms with Crippen molar-refractivity contribution in [2.24, 2.45) is 0 Å². The lowest BCUT2D eigenvalue weighted by Crippen LogP contribution is -2.43. The van der Waals surface area contributed by atoms with Gasteiger partial charge >= 0.3 is 0 Å². The lowest BCUT2D eigenvalue weighted by Gasteiger charge is -2.20. The highest BCUT2D eigenvalue weighted by Gasteiger charge is 2.14. The number of para-hydroxylation sites is 1. The third-order valence-electron chi connectivity index (χ3n) is 3.69. The molecule has 0 atom stereocenters. The highest BCUT2D eigenvalue weighted by Crippen LogP contribution is 2.17. The van der Waals surface area contributed by atoms with Gasteiger partial charge in [0.1, 0.15) is 11.6 Å². The summed E-state index contributed by atoms with van der Waals surface area (Å²) in [5.74, 6) is 0.345. The summed E-state index contributed by atoms with van der Waals surface area (Å²) in [6, 6.07) is 14.4. The smallest absolute Gasteiger partial charge is 0.258 e. The molecule has 0 fully saturated rings. The summed E-state index contributed by atoms with van der Waals surface area (Å²) in [6.45, 7) is 7.00. The van der Waals surface area contributed by atoms with Gasteiger partial charge in [-0.2, -0.15) is 0 Å². The molecule has 2 rings (SSSR count). The first-order chi connectivity index (χ1) is 12.3. The van der Waals surface area contributed by atoms with Crippen LogP contribution in [0.15, 0.2) is 48.5 Å². The topological polar surface area (TPSA) is 50.4 Å². The van der Waals surface area contributed by atoms with Gasteiger partial charge in [-0.15, -0.1) is 0 Å². The number of rotatable bonds is 8. The average Bonchev–Trinajstić information content (AvgIpc) is 2.57. The van der Waals surface area contributed by atoms with Crippen molar-refractivity contribution < 1.29 is 13.9 Å². The van der Waals surface area contributed by atoms with Crippen molar-refractivity contribution in [2.75, 3.05) is 13.2 Å². The first-order valence-electron chi connectivity index (χ1n) is 8.81. The second-order valence-electron chi connectivity index (χ2n) is 7.21. The van der Waals surface area contributed by atoms with E-state index in [0.717, 1.165) is 5.56 Å². The van der Waals surface area contributed by atoms with Crippen LogP contribution in [0.3, 0.4) is 0 Å². The fourth-order valence-corrected chi connectivity index (χ4v) is 2.54. The molecule has 2 aromatic carbocycles. The Hall–Kier alpha value is -2.40. The van der Waals surface area contributed by atoms with Gasteiger partial charge in [0, 0.05) is 17.6 Å². The second kappa shape index (κ2) is 9.34. The summed E-state index contributed by atoms with van der Waals surface area (Å²) in [5, 5.41) is 6.17. The van der Waals surface area contributed by atoms with E-state index in [4.69, 9.17) is 4.74 Å². The Labute approximate surface area is 154 Å². The third-order valence-corrected chi connectivity index (χ3v) is 3.69. The maximum absolute atomic E-state index is 13.6. The van der Waals surface area contributed by atoms with E-state index < -0.39 is 0 Å². The number of hydrogen-bond donors (Lipinski definition) is 2. The van der Waals surface area contributed by atoms with E-state index in [2.05, 4.69) is 10.6 Å². The highest BCUT2D eigenvalue weighted by molar-refractivity contribution is 5.78. The molecule has 4 nitrogen and oxygen atoms in total. The van der Waals surface area contributed by atoms with E-state index in [1.165, 1.54) is 6.07 Å². The van der Waals surface area contributed by atoms with Crippen LogP contribution in [0.4, 0.5) is 4.39 Å². The largest absolute Gasteiger partial charge is 0.483 e. The summed E-state index contributed by atoms with van der Waals surface area (Å²) in [7, 11) is 0. The zero-order chi connectivity index (χ0) is 19.0. The molecular weight excluding hydrogens is 331 g/mol. The predicted octanol–water partition coefficient (Wildman–Crippen LogP) is 3.45. The van der Waals surface area contributed by atoms with Crippen molar-refractivity contribution in [1.82, 2.24) is 10.6 Å². The lowest BCUT2D eigenvalue weighted by molar-refractivity contribution is -0.124. The van der Waals surface area contributed by atoms with Crippen LogP contribution in [-0.2, 0) is 17.8 Å². The Morgan fingerprint density at radius 2 is 1.69 bits per heavy atom. The molecule has 0 aliphatic carbocycles. The van der Waals surface area contributed by atoms with Crippen molar-refractivity contribution >= 4 is 5.91 Å². The summed E-state index contributed by atoms with van der Waals surface area (Å²) in [5.41, 5.74) is 1.38. The molecule has 0 radical (unpaired) electrons. The number of nitrogens with one attached hydrogen (secondary N) is 2. The summed E-state index contributed by atoms with van der Waals surface area (Å²) in [4.78, 5) is 11.9. The van der Waals surface area contributed by atoms with Crippen LogP contribution in [0.5, 0.6) is 5.75 Å². The SMILES string of the molecule is CC(C)(C)NC(=O)COc1ccccc1CNCCc1ccccc1F. The van der Waals surface area contributed by atoms with Gasteiger partial charge in [0.05, 0.1) is 0 Å². The van der Waals surface area contributed by atoms with Crippen LogP contribution in [0, 0.1) is 5.82 Å². The Morgan fingerprint density at radius 1 is 1.04 bits per heavy atom. The Morgan fingerprint density at radius 3 is 2.38 bits per heavy atom. The molecule has 0 aliphatic heterocycles. The van der Waals surface area contributed by atoms with Crippen LogP contribution in [-0.4, -0.2) is 24.6 Å². The van der Waals surface area contributed by atoms with Gasteiger partial charge in [-0.1, -0.05) is 36.4 Å². The molecule has 0 spiro atoms. The van der Waals surface area contributed by atoms with Gasteiger partial charge < -0.3 is 15.4 Å². The fourth-order valence-electron chi connectivity index (χ4n) is 2.54. The number of carbonyl (C=O) groups excluding carboxylic acids is 1. The van der Waals surface area contributed by atoms with Crippen molar-refractivity contribution in [3.05, 3.63) is 65.5 Å². The molecule has 0 aromatic heterocycles. The van der Waals surface area contributed by atoms with E-state index in [-0.39, 0.29) is 23.9 Å². The first-order valence-corrected chi connectivity index (χ1v) is 8.81. The number of benzene rings is 2. The van der Waals surface area contributed by atoms with Crippen LogP contribution in [0.25, 0.3) is 0 Å². The Bertz CT molecular complexity index is 726. The van der Waals surface area contributed by atoms with E-state index in [1.807, 2.05) is 51.1 Å². The first kappa shape index (κ1) is 19.9. The minimum atomic E-state index is -0.284. The molecule has 0 unspecified atom stereocenters. The zero-order valence-corrected chi connectivity index (χ0v) is 15.6. The molecule has 26 heavy (non-hydrogen) atoms. The number of halogens is 1. The fraction of sp³-hybridized carbons (Fsp3) is 0.381. The standard InChI is InChI=1S/C21H27FN2O2/c1-21(2,3)24-20(25)15-26-19-11-7-5-9-17(19)14-23-13-12-16-8-4-6-10-18(16)22/h4-11,23H,12-15H2,1-3H3,(H,24,25). The van der Waals surface area contributed by atoms with Gasteiger partial charge in [0.15, 0.2) is 6.61 Å². The minimum absolute atomic E-state index is 0.0243. The highest BCUT2D eigenvalue weighted by atomic mass is 19.1. The maximum Gasteiger partial charge on any atom is 0.258 e. The molecule has 0 heterocycles. The van der Waals surface area contributed by atoms with Crippen LogP contribution < -0.4 is 15.4 Å². The number of hydrogen-bond acceptors (Lipinski definition) is 3. The normalized spacial score (nSPS) is 11.2. The predicted molar refractivity (Wildman–Crippen MR) is 102 cm³/mol. The average molecular weight is 358 g/mol. The second-order valence-corrected chi connectivity index (χ2v) is 7.21. The molecule has 0 aliphatic rings. The number of carbonyl (C=O) groups is 1. The molecule has 0 saturated carbocycles. The summed E-state index contributed by atoms with van der Waals surface area (Å²) in [6.07, 6.45) is 0.615. The van der Waals surface area contributed by atoms with Gasteiger partial charge in [-0.25, -0.2) is 4.39 Å². The monoisotopic (exact) mass is 358 g/mol. The molecule has 140 valence electrons. The summed E-state index contributed by atoms with van der Waals surface area (Å²) < 4.78 is 19.3. The van der Waals surface area contributed by atoms with Gasteiger partial charge in [-0.05, 0) is 51.4 Å². The van der Waals surface area contributed by atoms with Crippen LogP contribution >= 0.6 is 0 Å². The molecule has 1 amide bonds. The Balaban J connectivity index is 1.83. The van der Waals surface area contributed by atoms with Crippen LogP contribution in [0.1, 0.15) is 31.9 Å². The quantitative estimate of drug-likeness (QED) is 0.711. The Kier molecular flexibility index (Phi) is 7.16. The zero-order valence-electron chi connectivity index (χ0n) is 15.6. The van der Waals surface area contributed by atoms with Crippen molar-refractivity contribution in [3.8, 4) is 5.75 Å². The van der Waals surface area contributed by atoms with Crippen LogP contribution in [0.2, 0.25) is 0 Å². The van der Waals surface area contributed by atoms with Gasteiger partial charge in [-0.3, -0.25) is 4.79 Å². The van der Waals surface area contributed by atoms with E-state index in [9.17, 15) is 9.18 Å². The summed E-state index contributed by atoms with van der Waals surface area (Å²) >= 11 is 0. The molecular formula is C21H27FN2O2. The molecule has 2 aromatic rings. The third kappa shape index (κ3) is 6.84. The molecule has 0 saturated heterocycles. The van der Waals surface area contributed by atoms with Crippen molar-refractivity contribution in [2.45, 2.75) is 39.3 Å². The minimum Gasteiger partial charge on any atom is -0.483 e. The lowest BCUT2D eigenvalue weighted by atomic mass is 10.1. The van der Waals surface area contributed by atoms with E-state index >= 15 is 0 Å². The van der Waals surface area contributed by atoms with E-state index in [0.29, 0.717) is 30.8 Å². The molecule has 0 bridgehead atoms. The van der Waals surface area contributed by atoms with Gasteiger partial charge in [0.2, 0.25) is 0 Å². The molecule has 5 heteroatoms.